The van der Waals surface area contributed by atoms with Gasteiger partial charge < -0.3 is 4.90 Å². The van der Waals surface area contributed by atoms with E-state index >= 15 is 8.78 Å². The molecule has 4 fully saturated rings. The Morgan fingerprint density at radius 2 is 1.71 bits per heavy atom. The maximum atomic E-state index is 15.2. The second-order valence-electron chi connectivity index (χ2n) is 11.9. The average Bonchev–Trinajstić information content (AvgIpc) is 3.56. The number of piperazine rings is 1. The molecule has 1 amide bonds. The van der Waals surface area contributed by atoms with Crippen LogP contribution in [-0.4, -0.2) is 88.1 Å². The Bertz CT molecular complexity index is 888. The van der Waals surface area contributed by atoms with Crippen molar-refractivity contribution < 1.29 is 13.6 Å². The SMILES string of the molecule is CC(C)N1CCN([C@H]2CCCC(F)(F)C2CC(=O)N2CCC(C)(c3nnc(C4CC4)s3)CC2)CC1. The Balaban J connectivity index is 1.20. The predicted molar refractivity (Wildman–Crippen MR) is 134 cm³/mol. The molecule has 9 heteroatoms. The van der Waals surface area contributed by atoms with Crippen LogP contribution in [0.25, 0.3) is 0 Å². The van der Waals surface area contributed by atoms with E-state index in [0.29, 0.717) is 31.5 Å². The van der Waals surface area contributed by atoms with Gasteiger partial charge in [-0.3, -0.25) is 14.6 Å². The van der Waals surface area contributed by atoms with Crippen molar-refractivity contribution in [2.75, 3.05) is 39.3 Å². The number of carbonyl (C=O) groups is 1. The smallest absolute Gasteiger partial charge is 0.252 e. The molecule has 6 nitrogen and oxygen atoms in total. The third kappa shape index (κ3) is 5.42. The maximum Gasteiger partial charge on any atom is 0.252 e. The minimum Gasteiger partial charge on any atom is -0.343 e. The minimum absolute atomic E-state index is 0.0383. The summed E-state index contributed by atoms with van der Waals surface area (Å²) in [6.07, 6.45) is 5.25. The van der Waals surface area contributed by atoms with Gasteiger partial charge in [-0.05, 0) is 52.4 Å². The Hall–Kier alpha value is -1.19. The summed E-state index contributed by atoms with van der Waals surface area (Å²) < 4.78 is 30.4. The van der Waals surface area contributed by atoms with E-state index in [1.54, 1.807) is 11.3 Å². The molecule has 0 spiro atoms. The van der Waals surface area contributed by atoms with Crippen LogP contribution in [0.4, 0.5) is 8.78 Å². The molecule has 1 aromatic rings. The zero-order valence-electron chi connectivity index (χ0n) is 21.5. The number of likely N-dealkylation sites (tertiary alicyclic amines) is 1. The van der Waals surface area contributed by atoms with E-state index in [4.69, 9.17) is 0 Å². The minimum atomic E-state index is -2.77. The van der Waals surface area contributed by atoms with Crippen molar-refractivity contribution >= 4 is 17.2 Å². The molecule has 0 bridgehead atoms. The summed E-state index contributed by atoms with van der Waals surface area (Å²) in [5.74, 6) is -3.15. The van der Waals surface area contributed by atoms with Crippen LogP contribution < -0.4 is 0 Å². The second-order valence-corrected chi connectivity index (χ2v) is 12.9. The first-order valence-electron chi connectivity index (χ1n) is 13.6. The Labute approximate surface area is 212 Å². The van der Waals surface area contributed by atoms with Crippen LogP contribution in [0.5, 0.6) is 0 Å². The highest BCUT2D eigenvalue weighted by Crippen LogP contribution is 2.46. The van der Waals surface area contributed by atoms with Gasteiger partial charge >= 0.3 is 0 Å². The molecule has 0 radical (unpaired) electrons. The average molecular weight is 510 g/mol. The molecule has 2 aliphatic carbocycles. The van der Waals surface area contributed by atoms with Gasteiger partial charge in [-0.2, -0.15) is 0 Å². The van der Waals surface area contributed by atoms with Crippen LogP contribution >= 0.6 is 11.3 Å². The van der Waals surface area contributed by atoms with E-state index in [1.807, 2.05) is 4.90 Å². The van der Waals surface area contributed by atoms with Gasteiger partial charge in [0.05, 0.1) is 0 Å². The molecule has 3 heterocycles. The molecule has 4 aliphatic rings. The van der Waals surface area contributed by atoms with Crippen LogP contribution in [-0.2, 0) is 10.2 Å². The standard InChI is InChI=1S/C26H41F2N5OS/c1-18(2)31-13-15-32(16-14-31)21-5-4-8-26(27,28)20(21)17-22(34)33-11-9-25(3,10-12-33)24-30-29-23(35-24)19-6-7-19/h18-21H,4-17H2,1-3H3/t20?,21-/m0/s1. The fourth-order valence-electron chi connectivity index (χ4n) is 6.28. The van der Waals surface area contributed by atoms with E-state index in [9.17, 15) is 4.79 Å². The molecule has 196 valence electrons. The zero-order valence-corrected chi connectivity index (χ0v) is 22.3. The summed E-state index contributed by atoms with van der Waals surface area (Å²) in [6, 6.07) is 0.280. The molecule has 2 aliphatic heterocycles. The lowest BCUT2D eigenvalue weighted by Crippen LogP contribution is -2.58. The molecule has 1 unspecified atom stereocenters. The van der Waals surface area contributed by atoms with Gasteiger partial charge in [-0.1, -0.05) is 6.92 Å². The topological polar surface area (TPSA) is 52.6 Å². The summed E-state index contributed by atoms with van der Waals surface area (Å²) in [5.41, 5.74) is -0.0744. The van der Waals surface area contributed by atoms with Crippen LogP contribution in [0.15, 0.2) is 0 Å². The van der Waals surface area contributed by atoms with Gasteiger partial charge in [-0.15, -0.1) is 21.5 Å². The fraction of sp³-hybridized carbons (Fsp3) is 0.885. The predicted octanol–water partition coefficient (Wildman–Crippen LogP) is 4.52. The van der Waals surface area contributed by atoms with Crippen molar-refractivity contribution in [3.63, 3.8) is 0 Å². The number of amides is 1. The van der Waals surface area contributed by atoms with Gasteiger partial charge in [0, 0.05) is 81.4 Å². The third-order valence-corrected chi connectivity index (χ3v) is 10.5. The van der Waals surface area contributed by atoms with Gasteiger partial charge in [0.2, 0.25) is 5.91 Å². The van der Waals surface area contributed by atoms with E-state index in [-0.39, 0.29) is 30.2 Å². The van der Waals surface area contributed by atoms with Gasteiger partial charge in [0.25, 0.3) is 5.92 Å². The quantitative estimate of drug-likeness (QED) is 0.565. The molecule has 5 rings (SSSR count). The third-order valence-electron chi connectivity index (χ3n) is 9.06. The lowest BCUT2D eigenvalue weighted by Gasteiger charge is -2.47. The number of aromatic nitrogens is 2. The van der Waals surface area contributed by atoms with Crippen LogP contribution in [0, 0.1) is 5.92 Å². The first-order chi connectivity index (χ1) is 16.7. The zero-order chi connectivity index (χ0) is 24.8. The van der Waals surface area contributed by atoms with Crippen molar-refractivity contribution in [2.24, 2.45) is 5.92 Å². The number of alkyl halides is 2. The first-order valence-corrected chi connectivity index (χ1v) is 14.5. The summed E-state index contributed by atoms with van der Waals surface area (Å²) >= 11 is 1.73. The lowest BCUT2D eigenvalue weighted by atomic mass is 9.77. The van der Waals surface area contributed by atoms with Crippen LogP contribution in [0.1, 0.15) is 88.1 Å². The van der Waals surface area contributed by atoms with Crippen LogP contribution in [0.3, 0.4) is 0 Å². The van der Waals surface area contributed by atoms with E-state index < -0.39 is 11.8 Å². The molecule has 2 atom stereocenters. The normalized spacial score (nSPS) is 30.1. The Kier molecular flexibility index (Phi) is 7.23. The molecule has 1 aromatic heterocycles. The summed E-state index contributed by atoms with van der Waals surface area (Å²) in [4.78, 5) is 19.8. The van der Waals surface area contributed by atoms with E-state index in [1.165, 1.54) is 12.8 Å². The van der Waals surface area contributed by atoms with E-state index in [0.717, 1.165) is 55.5 Å². The number of nitrogens with zero attached hydrogens (tertiary/aromatic N) is 5. The number of rotatable bonds is 6. The molecular formula is C26H41F2N5OS. The second kappa shape index (κ2) is 9.93. The first kappa shape index (κ1) is 25.5. The largest absolute Gasteiger partial charge is 0.343 e. The lowest BCUT2D eigenvalue weighted by molar-refractivity contribution is -0.151. The van der Waals surface area contributed by atoms with Gasteiger partial charge in [-0.25, -0.2) is 8.78 Å². The van der Waals surface area contributed by atoms with Crippen molar-refractivity contribution in [1.29, 1.82) is 0 Å². The number of hydrogen-bond donors (Lipinski definition) is 0. The van der Waals surface area contributed by atoms with Crippen molar-refractivity contribution in [1.82, 2.24) is 24.9 Å². The molecule has 2 saturated heterocycles. The molecule has 2 saturated carbocycles. The van der Waals surface area contributed by atoms with Crippen molar-refractivity contribution in [3.05, 3.63) is 10.0 Å². The molecule has 35 heavy (non-hydrogen) atoms. The summed E-state index contributed by atoms with van der Waals surface area (Å²) in [7, 11) is 0. The molecule has 0 N–H and O–H groups in total. The molecular weight excluding hydrogens is 468 g/mol. The Morgan fingerprint density at radius 3 is 2.34 bits per heavy atom. The van der Waals surface area contributed by atoms with Crippen molar-refractivity contribution in [2.45, 2.75) is 101 Å². The van der Waals surface area contributed by atoms with Gasteiger partial charge in [0.1, 0.15) is 10.0 Å². The van der Waals surface area contributed by atoms with Crippen molar-refractivity contribution in [3.8, 4) is 0 Å². The maximum absolute atomic E-state index is 15.2. The number of piperidine rings is 1. The Morgan fingerprint density at radius 1 is 1.03 bits per heavy atom. The highest BCUT2D eigenvalue weighted by Gasteiger charge is 2.50. The highest BCUT2D eigenvalue weighted by molar-refractivity contribution is 7.11. The highest BCUT2D eigenvalue weighted by atomic mass is 32.1. The number of halogens is 2. The number of carbonyl (C=O) groups excluding carboxylic acids is 1. The summed E-state index contributed by atoms with van der Waals surface area (Å²) in [5, 5.41) is 11.1. The molecule has 0 aromatic carbocycles. The van der Waals surface area contributed by atoms with Gasteiger partial charge in [0.15, 0.2) is 0 Å². The van der Waals surface area contributed by atoms with Crippen LogP contribution in [0.2, 0.25) is 0 Å². The summed E-state index contributed by atoms with van der Waals surface area (Å²) in [6.45, 7) is 11.3. The monoisotopic (exact) mass is 509 g/mol. The van der Waals surface area contributed by atoms with E-state index in [2.05, 4.69) is 40.8 Å². The number of hydrogen-bond acceptors (Lipinski definition) is 6. The fourth-order valence-corrected chi connectivity index (χ4v) is 7.49.